The Balaban J connectivity index is 1.33. The third-order valence-electron chi connectivity index (χ3n) is 7.09. The fourth-order valence-electron chi connectivity index (χ4n) is 5.04. The van der Waals surface area contributed by atoms with Crippen molar-refractivity contribution in [2.75, 3.05) is 0 Å². The zero-order valence-electron chi connectivity index (χ0n) is 20.2. The van der Waals surface area contributed by atoms with Crippen molar-refractivity contribution in [3.63, 3.8) is 0 Å². The van der Waals surface area contributed by atoms with Gasteiger partial charge in [-0.2, -0.15) is 0 Å². The first-order valence-corrected chi connectivity index (χ1v) is 12.3. The SMILES string of the molecule is CC(C)(NC(=O)OCc1ccccc1)c1cc(Cc2ccc(F)cc2)nc(OC2[C@H]3CCC[C@@H]23)c1. The number of hydrogen-bond donors (Lipinski definition) is 1. The molecule has 0 saturated heterocycles. The van der Waals surface area contributed by atoms with Crippen LogP contribution in [0.15, 0.2) is 66.7 Å². The average molecular weight is 475 g/mol. The number of nitrogens with zero attached hydrogens (tertiary/aromatic N) is 1. The minimum Gasteiger partial charge on any atom is -0.474 e. The number of amides is 1. The van der Waals surface area contributed by atoms with Gasteiger partial charge < -0.3 is 14.8 Å². The molecule has 2 fully saturated rings. The summed E-state index contributed by atoms with van der Waals surface area (Å²) in [6, 6.07) is 19.9. The minimum atomic E-state index is -0.716. The molecule has 1 aromatic heterocycles. The molecule has 2 aromatic carbocycles. The average Bonchev–Trinajstić information content (AvgIpc) is 3.24. The number of rotatable bonds is 8. The topological polar surface area (TPSA) is 60.5 Å². The van der Waals surface area contributed by atoms with Gasteiger partial charge in [-0.3, -0.25) is 0 Å². The molecule has 35 heavy (non-hydrogen) atoms. The van der Waals surface area contributed by atoms with E-state index in [1.54, 1.807) is 12.1 Å². The van der Waals surface area contributed by atoms with E-state index in [2.05, 4.69) is 5.32 Å². The second kappa shape index (κ2) is 9.68. The molecule has 5 rings (SSSR count). The summed E-state index contributed by atoms with van der Waals surface area (Å²) in [7, 11) is 0. The van der Waals surface area contributed by atoms with Crippen LogP contribution in [0.4, 0.5) is 9.18 Å². The molecular weight excluding hydrogens is 443 g/mol. The number of aromatic nitrogens is 1. The van der Waals surface area contributed by atoms with E-state index in [1.165, 1.54) is 31.4 Å². The highest BCUT2D eigenvalue weighted by molar-refractivity contribution is 5.68. The van der Waals surface area contributed by atoms with E-state index in [9.17, 15) is 9.18 Å². The molecule has 1 unspecified atom stereocenters. The molecule has 3 aromatic rings. The number of nitrogens with one attached hydrogen (secondary N) is 1. The lowest BCUT2D eigenvalue weighted by Gasteiger charge is -2.27. The van der Waals surface area contributed by atoms with Crippen LogP contribution in [0.2, 0.25) is 0 Å². The Labute approximate surface area is 205 Å². The van der Waals surface area contributed by atoms with Crippen LogP contribution in [0.5, 0.6) is 5.88 Å². The van der Waals surface area contributed by atoms with Gasteiger partial charge in [0.15, 0.2) is 0 Å². The van der Waals surface area contributed by atoms with E-state index in [1.807, 2.05) is 56.3 Å². The van der Waals surface area contributed by atoms with Gasteiger partial charge in [-0.15, -0.1) is 0 Å². The summed E-state index contributed by atoms with van der Waals surface area (Å²) in [5.74, 6) is 1.59. The zero-order chi connectivity index (χ0) is 24.4. The number of fused-ring (bicyclic) bond motifs is 1. The van der Waals surface area contributed by atoms with Gasteiger partial charge in [0.1, 0.15) is 18.5 Å². The van der Waals surface area contributed by atoms with Crippen LogP contribution < -0.4 is 10.1 Å². The molecule has 182 valence electrons. The summed E-state index contributed by atoms with van der Waals surface area (Å²) < 4.78 is 25.1. The van der Waals surface area contributed by atoms with Crippen LogP contribution in [0.25, 0.3) is 0 Å². The molecule has 1 N–H and O–H groups in total. The monoisotopic (exact) mass is 474 g/mol. The molecule has 5 nitrogen and oxygen atoms in total. The predicted molar refractivity (Wildman–Crippen MR) is 131 cm³/mol. The van der Waals surface area contributed by atoms with E-state index in [-0.39, 0.29) is 18.5 Å². The maximum absolute atomic E-state index is 13.4. The Morgan fingerprint density at radius 1 is 1.03 bits per heavy atom. The molecule has 1 amide bonds. The number of benzene rings is 2. The number of halogens is 1. The predicted octanol–water partition coefficient (Wildman–Crippen LogP) is 6.15. The molecule has 0 spiro atoms. The highest BCUT2D eigenvalue weighted by atomic mass is 19.1. The molecule has 2 aliphatic carbocycles. The molecule has 1 heterocycles. The van der Waals surface area contributed by atoms with Gasteiger partial charge in [-0.25, -0.2) is 14.2 Å². The number of hydrogen-bond acceptors (Lipinski definition) is 4. The van der Waals surface area contributed by atoms with Crippen LogP contribution in [-0.4, -0.2) is 17.2 Å². The quantitative estimate of drug-likeness (QED) is 0.425. The van der Waals surface area contributed by atoms with Crippen molar-refractivity contribution < 1.29 is 18.7 Å². The van der Waals surface area contributed by atoms with Crippen LogP contribution >= 0.6 is 0 Å². The third-order valence-corrected chi connectivity index (χ3v) is 7.09. The number of alkyl carbamates (subject to hydrolysis) is 1. The summed E-state index contributed by atoms with van der Waals surface area (Å²) in [6.07, 6.45) is 4.00. The summed E-state index contributed by atoms with van der Waals surface area (Å²) in [4.78, 5) is 17.4. The van der Waals surface area contributed by atoms with Gasteiger partial charge in [-0.1, -0.05) is 48.9 Å². The smallest absolute Gasteiger partial charge is 0.408 e. The van der Waals surface area contributed by atoms with Crippen LogP contribution in [0, 0.1) is 17.7 Å². The summed E-state index contributed by atoms with van der Waals surface area (Å²) in [5, 5.41) is 2.98. The van der Waals surface area contributed by atoms with E-state index in [0.29, 0.717) is 24.1 Å². The summed E-state index contributed by atoms with van der Waals surface area (Å²) in [6.45, 7) is 4.07. The second-order valence-electron chi connectivity index (χ2n) is 10.1. The molecule has 0 bridgehead atoms. The highest BCUT2D eigenvalue weighted by Gasteiger charge is 2.55. The molecule has 3 atom stereocenters. The van der Waals surface area contributed by atoms with Gasteiger partial charge in [-0.05, 0) is 61.6 Å². The van der Waals surface area contributed by atoms with Gasteiger partial charge in [0.25, 0.3) is 0 Å². The summed E-state index contributed by atoms with van der Waals surface area (Å²) >= 11 is 0. The largest absolute Gasteiger partial charge is 0.474 e. The van der Waals surface area contributed by atoms with E-state index >= 15 is 0 Å². The lowest BCUT2D eigenvalue weighted by atomic mass is 9.93. The fraction of sp³-hybridized carbons (Fsp3) is 0.379. The van der Waals surface area contributed by atoms with Crippen LogP contribution in [0.1, 0.15) is 55.5 Å². The van der Waals surface area contributed by atoms with Gasteiger partial charge >= 0.3 is 6.09 Å². The van der Waals surface area contributed by atoms with E-state index in [4.69, 9.17) is 14.5 Å². The van der Waals surface area contributed by atoms with Gasteiger partial charge in [0, 0.05) is 30.0 Å². The Bertz CT molecular complexity index is 1170. The first kappa shape index (κ1) is 23.3. The Morgan fingerprint density at radius 2 is 1.74 bits per heavy atom. The van der Waals surface area contributed by atoms with Crippen molar-refractivity contribution in [1.82, 2.24) is 10.3 Å². The first-order chi connectivity index (χ1) is 16.9. The first-order valence-electron chi connectivity index (χ1n) is 12.3. The van der Waals surface area contributed by atoms with Crippen LogP contribution in [-0.2, 0) is 23.3 Å². The van der Waals surface area contributed by atoms with E-state index < -0.39 is 11.6 Å². The van der Waals surface area contributed by atoms with Crippen molar-refractivity contribution in [3.05, 3.63) is 94.9 Å². The van der Waals surface area contributed by atoms with Crippen molar-refractivity contribution in [2.45, 2.75) is 57.8 Å². The Hall–Kier alpha value is -3.41. The fourth-order valence-corrected chi connectivity index (χ4v) is 5.04. The van der Waals surface area contributed by atoms with Crippen molar-refractivity contribution in [2.24, 2.45) is 11.8 Å². The molecular formula is C29H31FN2O3. The van der Waals surface area contributed by atoms with Crippen molar-refractivity contribution in [1.29, 1.82) is 0 Å². The number of carbonyl (C=O) groups excluding carboxylic acids is 1. The number of pyridine rings is 1. The lowest BCUT2D eigenvalue weighted by Crippen LogP contribution is -2.41. The van der Waals surface area contributed by atoms with Crippen molar-refractivity contribution >= 4 is 6.09 Å². The molecule has 0 aliphatic heterocycles. The molecule has 6 heteroatoms. The Morgan fingerprint density at radius 3 is 2.46 bits per heavy atom. The standard InChI is InChI=1S/C29H31FN2O3/c1-29(2,32-28(33)34-18-20-7-4-3-5-8-20)21-16-23(15-19-11-13-22(30)14-12-19)31-26(17-21)35-27-24-9-6-10-25(24)27/h3-5,7-8,11-14,16-17,24-25,27H,6,9-10,15,18H2,1-2H3,(H,32,33)/t24-,25+,27?. The van der Waals surface area contributed by atoms with Crippen molar-refractivity contribution in [3.8, 4) is 5.88 Å². The maximum Gasteiger partial charge on any atom is 0.408 e. The highest BCUT2D eigenvalue weighted by Crippen LogP contribution is 2.53. The molecule has 2 aliphatic rings. The van der Waals surface area contributed by atoms with Gasteiger partial charge in [0.05, 0.1) is 5.54 Å². The summed E-state index contributed by atoms with van der Waals surface area (Å²) in [5.41, 5.74) is 2.85. The number of carbonyl (C=O) groups is 1. The van der Waals surface area contributed by atoms with Crippen LogP contribution in [0.3, 0.4) is 0 Å². The third kappa shape index (κ3) is 5.64. The zero-order valence-corrected chi connectivity index (χ0v) is 20.2. The molecule has 2 saturated carbocycles. The minimum absolute atomic E-state index is 0.202. The number of ether oxygens (including phenoxy) is 2. The normalized spacial score (nSPS) is 20.7. The van der Waals surface area contributed by atoms with Gasteiger partial charge in [0.2, 0.25) is 5.88 Å². The second-order valence-corrected chi connectivity index (χ2v) is 10.1. The maximum atomic E-state index is 13.4. The van der Waals surface area contributed by atoms with E-state index in [0.717, 1.165) is 22.4 Å². The lowest BCUT2D eigenvalue weighted by molar-refractivity contribution is 0.129. The Kier molecular flexibility index (Phi) is 6.46. The molecule has 0 radical (unpaired) electrons.